The summed E-state index contributed by atoms with van der Waals surface area (Å²) in [6, 6.07) is 0. The third-order valence-electron chi connectivity index (χ3n) is 9.98. The molecule has 7 atom stereocenters. The van der Waals surface area contributed by atoms with Crippen molar-refractivity contribution in [1.82, 2.24) is 0 Å². The molecule has 2 nitrogen and oxygen atoms in total. The molecule has 32 heavy (non-hydrogen) atoms. The number of aliphatic hydroxyl groups excluding tert-OH is 1. The average molecular weight is 441 g/mol. The Bertz CT molecular complexity index is 772. The molecule has 3 aliphatic carbocycles. The molecular formula is C30H48O2. The highest BCUT2D eigenvalue weighted by Gasteiger charge is 2.57. The monoisotopic (exact) mass is 440 g/mol. The summed E-state index contributed by atoms with van der Waals surface area (Å²) in [6.45, 7) is 18.7. The van der Waals surface area contributed by atoms with Gasteiger partial charge in [0, 0.05) is 13.5 Å². The number of ether oxygens (including phenoxy) is 1. The first kappa shape index (κ1) is 25.5. The zero-order valence-corrected chi connectivity index (χ0v) is 21.8. The average Bonchev–Trinajstić information content (AvgIpc) is 3.04. The molecule has 0 aliphatic heterocycles. The molecule has 180 valence electrons. The molecule has 3 aliphatic rings. The Hall–Kier alpha value is -1.12. The maximum atomic E-state index is 10.4. The van der Waals surface area contributed by atoms with E-state index in [1.54, 1.807) is 12.7 Å². The first-order valence-corrected chi connectivity index (χ1v) is 13.0. The molecule has 0 aromatic heterocycles. The van der Waals surface area contributed by atoms with Gasteiger partial charge in [0.25, 0.3) is 0 Å². The summed E-state index contributed by atoms with van der Waals surface area (Å²) < 4.78 is 5.56. The van der Waals surface area contributed by atoms with Gasteiger partial charge in [0.05, 0.1) is 12.2 Å². The van der Waals surface area contributed by atoms with E-state index < -0.39 is 6.10 Å². The molecule has 2 heteroatoms. The van der Waals surface area contributed by atoms with E-state index in [1.807, 2.05) is 0 Å². The third kappa shape index (κ3) is 4.73. The molecule has 0 aromatic rings. The lowest BCUT2D eigenvalue weighted by Gasteiger charge is -2.51. The predicted octanol–water partition coefficient (Wildman–Crippen LogP) is 7.66. The van der Waals surface area contributed by atoms with Crippen LogP contribution in [0.4, 0.5) is 0 Å². The van der Waals surface area contributed by atoms with E-state index in [2.05, 4.69) is 72.4 Å². The van der Waals surface area contributed by atoms with Crippen molar-refractivity contribution in [1.29, 1.82) is 0 Å². The van der Waals surface area contributed by atoms with Crippen molar-refractivity contribution in [2.45, 2.75) is 98.7 Å². The van der Waals surface area contributed by atoms with E-state index in [1.165, 1.54) is 32.1 Å². The van der Waals surface area contributed by atoms with Crippen molar-refractivity contribution in [3.8, 4) is 0 Å². The van der Waals surface area contributed by atoms with Crippen LogP contribution in [0, 0.1) is 34.5 Å². The van der Waals surface area contributed by atoms with Crippen LogP contribution in [-0.4, -0.2) is 24.4 Å². The fourth-order valence-corrected chi connectivity index (χ4v) is 6.69. The second-order valence-electron chi connectivity index (χ2n) is 11.8. The van der Waals surface area contributed by atoms with Gasteiger partial charge < -0.3 is 9.84 Å². The summed E-state index contributed by atoms with van der Waals surface area (Å²) in [7, 11) is 1.74. The highest BCUT2D eigenvalue weighted by Crippen LogP contribution is 2.66. The molecule has 3 saturated carbocycles. The molecular weight excluding hydrogens is 392 g/mol. The normalized spacial score (nSPS) is 40.4. The number of methoxy groups -OCH3 is 1. The van der Waals surface area contributed by atoms with Gasteiger partial charge in [-0.15, -0.1) is 0 Å². The van der Waals surface area contributed by atoms with Crippen molar-refractivity contribution in [2.24, 2.45) is 34.5 Å². The number of aliphatic hydroxyl groups is 1. The third-order valence-corrected chi connectivity index (χ3v) is 9.98. The second kappa shape index (κ2) is 10.0. The lowest BCUT2D eigenvalue weighted by Crippen LogP contribution is -2.43. The summed E-state index contributed by atoms with van der Waals surface area (Å²) >= 11 is 0. The summed E-state index contributed by atoms with van der Waals surface area (Å²) in [5.41, 5.74) is 4.34. The van der Waals surface area contributed by atoms with Gasteiger partial charge in [-0.1, -0.05) is 78.0 Å². The maximum Gasteiger partial charge on any atom is 0.0811 e. The van der Waals surface area contributed by atoms with E-state index in [0.29, 0.717) is 40.9 Å². The van der Waals surface area contributed by atoms with Gasteiger partial charge >= 0.3 is 0 Å². The molecule has 0 unspecified atom stereocenters. The highest BCUT2D eigenvalue weighted by atomic mass is 16.5. The van der Waals surface area contributed by atoms with Crippen LogP contribution in [0.25, 0.3) is 0 Å². The Morgan fingerprint density at radius 1 is 1.09 bits per heavy atom. The summed E-state index contributed by atoms with van der Waals surface area (Å²) in [5, 5.41) is 10.4. The Kier molecular flexibility index (Phi) is 7.98. The van der Waals surface area contributed by atoms with Crippen LogP contribution in [0.5, 0.6) is 0 Å². The van der Waals surface area contributed by atoms with Crippen molar-refractivity contribution in [3.63, 3.8) is 0 Å². The highest BCUT2D eigenvalue weighted by molar-refractivity contribution is 5.39. The van der Waals surface area contributed by atoms with Crippen molar-refractivity contribution < 1.29 is 9.84 Å². The minimum absolute atomic E-state index is 0.0902. The topological polar surface area (TPSA) is 29.5 Å². The van der Waals surface area contributed by atoms with Gasteiger partial charge in [0.2, 0.25) is 0 Å². The van der Waals surface area contributed by atoms with Gasteiger partial charge in [-0.3, -0.25) is 0 Å². The number of rotatable bonds is 6. The Balaban J connectivity index is 1.83. The van der Waals surface area contributed by atoms with Gasteiger partial charge in [-0.25, -0.2) is 0 Å². The fraction of sp³-hybridized carbons (Fsp3) is 0.733. The van der Waals surface area contributed by atoms with Crippen LogP contribution in [0.15, 0.2) is 47.6 Å². The van der Waals surface area contributed by atoms with Crippen LogP contribution in [0.2, 0.25) is 0 Å². The standard InChI is InChI=1S/C30H48O2/c1-20(2)21(3)11-12-22(4)29(6)17-15-27-24(10-9-16-30(27,29)7)13-14-25-18-26(32-8)19-28(31)23(25)5/h11-14,20-22,26-28,31H,5,9-10,15-19H2,1-4,6-8H3/b12-11+,24-13+,25-14-/t21-,22+,26+,27-,28-,29+,30-/m0/s1. The Labute approximate surface area is 197 Å². The minimum Gasteiger partial charge on any atom is -0.388 e. The molecule has 3 fully saturated rings. The van der Waals surface area contributed by atoms with Crippen LogP contribution in [0.1, 0.15) is 86.5 Å². The molecule has 1 N–H and O–H groups in total. The maximum absolute atomic E-state index is 10.4. The van der Waals surface area contributed by atoms with E-state index in [-0.39, 0.29) is 6.10 Å². The molecule has 0 bridgehead atoms. The minimum atomic E-state index is -0.481. The molecule has 0 aromatic carbocycles. The largest absolute Gasteiger partial charge is 0.388 e. The first-order valence-electron chi connectivity index (χ1n) is 13.0. The molecule has 0 spiro atoms. The molecule has 0 amide bonds. The van der Waals surface area contributed by atoms with E-state index in [9.17, 15) is 5.11 Å². The molecule has 0 heterocycles. The summed E-state index contributed by atoms with van der Waals surface area (Å²) in [4.78, 5) is 0. The Morgan fingerprint density at radius 2 is 1.81 bits per heavy atom. The smallest absolute Gasteiger partial charge is 0.0811 e. The number of hydrogen-bond donors (Lipinski definition) is 1. The van der Waals surface area contributed by atoms with Gasteiger partial charge in [0.1, 0.15) is 0 Å². The number of allylic oxidation sites excluding steroid dienone is 5. The summed E-state index contributed by atoms with van der Waals surface area (Å²) in [5.74, 6) is 2.58. The second-order valence-corrected chi connectivity index (χ2v) is 11.8. The zero-order chi connectivity index (χ0) is 23.7. The fourth-order valence-electron chi connectivity index (χ4n) is 6.69. The number of fused-ring (bicyclic) bond motifs is 1. The van der Waals surface area contributed by atoms with Crippen LogP contribution >= 0.6 is 0 Å². The van der Waals surface area contributed by atoms with Crippen LogP contribution in [-0.2, 0) is 4.74 Å². The van der Waals surface area contributed by atoms with Gasteiger partial charge in [0.15, 0.2) is 0 Å². The van der Waals surface area contributed by atoms with Crippen LogP contribution in [0.3, 0.4) is 0 Å². The number of hydrogen-bond acceptors (Lipinski definition) is 2. The van der Waals surface area contributed by atoms with Crippen molar-refractivity contribution in [2.75, 3.05) is 7.11 Å². The lowest BCUT2D eigenvalue weighted by molar-refractivity contribution is 0.0221. The van der Waals surface area contributed by atoms with E-state index >= 15 is 0 Å². The SMILES string of the molecule is C=C1/C(=C\C=C2/CCC[C@@]3(C)[C@H]2CC[C@]3(C)[C@H](C)/C=C/[C@H](C)C(C)C)C[C@@H](OC)C[C@@H]1O. The zero-order valence-electron chi connectivity index (χ0n) is 21.8. The molecule has 0 radical (unpaired) electrons. The molecule has 0 saturated heterocycles. The van der Waals surface area contributed by atoms with Gasteiger partial charge in [-0.2, -0.15) is 0 Å². The molecule has 3 rings (SSSR count). The van der Waals surface area contributed by atoms with E-state index in [0.717, 1.165) is 17.6 Å². The van der Waals surface area contributed by atoms with Crippen molar-refractivity contribution in [3.05, 3.63) is 47.6 Å². The van der Waals surface area contributed by atoms with Crippen LogP contribution < -0.4 is 0 Å². The predicted molar refractivity (Wildman–Crippen MR) is 136 cm³/mol. The quantitative estimate of drug-likeness (QED) is 0.430. The first-order chi connectivity index (χ1) is 15.0. The Morgan fingerprint density at radius 3 is 2.47 bits per heavy atom. The lowest BCUT2D eigenvalue weighted by atomic mass is 9.54. The van der Waals surface area contributed by atoms with E-state index in [4.69, 9.17) is 4.74 Å². The van der Waals surface area contributed by atoms with Crippen molar-refractivity contribution >= 4 is 0 Å². The van der Waals surface area contributed by atoms with Gasteiger partial charge in [-0.05, 0) is 84.2 Å². The summed E-state index contributed by atoms with van der Waals surface area (Å²) in [6.07, 6.45) is 17.2.